The van der Waals surface area contributed by atoms with E-state index in [0.717, 1.165) is 105 Å². The zero-order chi connectivity index (χ0) is 48.4. The normalized spacial score (nSPS) is 12.1. The van der Waals surface area contributed by atoms with Gasteiger partial charge in [-0.15, -0.1) is 0 Å². The third-order valence-electron chi connectivity index (χ3n) is 14.4. The highest BCUT2D eigenvalue weighted by atomic mass is 19.4. The molecule has 0 unspecified atom stereocenters. The van der Waals surface area contributed by atoms with Crippen LogP contribution in [0.25, 0.3) is 121 Å². The van der Waals surface area contributed by atoms with Crippen molar-refractivity contribution in [3.63, 3.8) is 0 Å². The minimum Gasteiger partial charge on any atom is -0.309 e. The third kappa shape index (κ3) is 5.70. The molecule has 0 bridgehead atoms. The summed E-state index contributed by atoms with van der Waals surface area (Å²) >= 11 is 0. The van der Waals surface area contributed by atoms with E-state index in [1.807, 2.05) is 109 Å². The van der Waals surface area contributed by atoms with Gasteiger partial charge in [0.05, 0.1) is 72.7 Å². The molecule has 14 rings (SSSR count). The first-order valence-corrected chi connectivity index (χ1v) is 23.5. The molecular weight excluding hydrogens is 898 g/mol. The average Bonchev–Trinajstić information content (AvgIpc) is 4.15. The number of halogens is 3. The van der Waals surface area contributed by atoms with E-state index in [2.05, 4.69) is 103 Å². The Bertz CT molecular complexity index is 4440. The smallest absolute Gasteiger partial charge is 0.309 e. The van der Waals surface area contributed by atoms with Gasteiger partial charge in [-0.3, -0.25) is 0 Å². The first-order valence-electron chi connectivity index (χ1n) is 23.5. The predicted molar refractivity (Wildman–Crippen MR) is 284 cm³/mol. The van der Waals surface area contributed by atoms with Crippen LogP contribution in [0.5, 0.6) is 0 Å². The van der Waals surface area contributed by atoms with Crippen molar-refractivity contribution in [3.05, 3.63) is 229 Å². The minimum absolute atomic E-state index is 0.137. The molecule has 9 heteroatoms. The SMILES string of the molecule is N#Cc1cccc(C(F)(F)F)c1-c1cc(-n2c3ccccc3c3ccc4c(c5ccccc5n4-c4ccccc4)c32)c(C#N)c(-n2c3ccccc3c3ccc4c(c5ccccc5n4-c4ccccc4)c32)c1. The van der Waals surface area contributed by atoms with E-state index in [4.69, 9.17) is 0 Å². The summed E-state index contributed by atoms with van der Waals surface area (Å²) in [5.41, 5.74) is 8.56. The van der Waals surface area contributed by atoms with Crippen molar-refractivity contribution in [2.75, 3.05) is 0 Å². The van der Waals surface area contributed by atoms with Crippen molar-refractivity contribution in [1.82, 2.24) is 18.3 Å². The van der Waals surface area contributed by atoms with Gasteiger partial charge in [0.1, 0.15) is 11.6 Å². The zero-order valence-corrected chi connectivity index (χ0v) is 38.0. The van der Waals surface area contributed by atoms with Gasteiger partial charge in [-0.2, -0.15) is 23.7 Å². The van der Waals surface area contributed by atoms with Crippen molar-refractivity contribution >= 4 is 87.2 Å². The standard InChI is InChI=1S/C63H35F3N6/c64-63(65,66)49-25-15-16-38(36-67)58(49)39-34-56(71-50-26-11-7-21-42(50)44-30-32-54-59(61(44)71)46-23-9-13-28-52(46)69(54)40-17-3-1-4-18-40)48(37-68)57(35-39)72-51-27-12-8-22-43(51)45-31-33-55-60(62(45)72)47-24-10-14-29-53(47)70(55)41-19-5-2-6-20-41/h1-35H. The Kier molecular flexibility index (Phi) is 8.77. The van der Waals surface area contributed by atoms with Gasteiger partial charge >= 0.3 is 6.18 Å². The molecule has 0 N–H and O–H groups in total. The van der Waals surface area contributed by atoms with Gasteiger partial charge in [-0.05, 0) is 90.5 Å². The third-order valence-corrected chi connectivity index (χ3v) is 14.4. The lowest BCUT2D eigenvalue weighted by atomic mass is 9.92. The number of alkyl halides is 3. The number of aromatic nitrogens is 4. The van der Waals surface area contributed by atoms with Gasteiger partial charge < -0.3 is 18.3 Å². The fourth-order valence-electron chi connectivity index (χ4n) is 11.6. The second-order valence-corrected chi connectivity index (χ2v) is 18.1. The van der Waals surface area contributed by atoms with E-state index in [1.165, 1.54) is 12.1 Å². The van der Waals surface area contributed by atoms with Crippen LogP contribution < -0.4 is 0 Å². The molecule has 0 fully saturated rings. The molecule has 14 aromatic rings. The number of para-hydroxylation sites is 6. The van der Waals surface area contributed by atoms with Crippen molar-refractivity contribution < 1.29 is 13.2 Å². The molecule has 0 aliphatic heterocycles. The number of nitriles is 2. The summed E-state index contributed by atoms with van der Waals surface area (Å²) in [6.07, 6.45) is -4.83. The molecule has 0 aliphatic carbocycles. The van der Waals surface area contributed by atoms with Crippen LogP contribution >= 0.6 is 0 Å². The highest BCUT2D eigenvalue weighted by Crippen LogP contribution is 2.48. The van der Waals surface area contributed by atoms with Crippen molar-refractivity contribution in [1.29, 1.82) is 10.5 Å². The lowest BCUT2D eigenvalue weighted by Crippen LogP contribution is -2.10. The number of rotatable bonds is 5. The summed E-state index contributed by atoms with van der Waals surface area (Å²) in [6, 6.07) is 72.9. The maximum absolute atomic E-state index is 15.5. The summed E-state index contributed by atoms with van der Waals surface area (Å²) in [6.45, 7) is 0. The van der Waals surface area contributed by atoms with Gasteiger partial charge in [-0.1, -0.05) is 127 Å². The van der Waals surface area contributed by atoms with Gasteiger partial charge in [0.25, 0.3) is 0 Å². The van der Waals surface area contributed by atoms with Crippen molar-refractivity contribution in [3.8, 4) is 46.0 Å². The largest absolute Gasteiger partial charge is 0.417 e. The van der Waals surface area contributed by atoms with E-state index in [0.29, 0.717) is 11.4 Å². The fraction of sp³-hybridized carbons (Fsp3) is 0.0159. The Labute approximate surface area is 408 Å². The number of hydrogen-bond donors (Lipinski definition) is 0. The Morgan fingerprint density at radius 3 is 1.21 bits per heavy atom. The van der Waals surface area contributed by atoms with E-state index in [1.54, 1.807) is 12.1 Å². The van der Waals surface area contributed by atoms with Gasteiger partial charge in [0.2, 0.25) is 0 Å². The molecule has 10 aromatic carbocycles. The summed E-state index contributed by atoms with van der Waals surface area (Å²) in [7, 11) is 0. The van der Waals surface area contributed by atoms with Crippen LogP contribution in [0.3, 0.4) is 0 Å². The zero-order valence-electron chi connectivity index (χ0n) is 38.0. The Morgan fingerprint density at radius 1 is 0.361 bits per heavy atom. The first kappa shape index (κ1) is 41.2. The minimum atomic E-state index is -4.83. The Morgan fingerprint density at radius 2 is 0.778 bits per heavy atom. The van der Waals surface area contributed by atoms with E-state index >= 15 is 13.2 Å². The second-order valence-electron chi connectivity index (χ2n) is 18.1. The van der Waals surface area contributed by atoms with Gasteiger partial charge in [0, 0.05) is 60.0 Å². The molecule has 6 nitrogen and oxygen atoms in total. The molecule has 0 saturated heterocycles. The van der Waals surface area contributed by atoms with Crippen LogP contribution in [-0.2, 0) is 6.18 Å². The van der Waals surface area contributed by atoms with Crippen LogP contribution in [0, 0.1) is 22.7 Å². The average molecular weight is 933 g/mol. The maximum atomic E-state index is 15.5. The molecule has 0 aliphatic rings. The lowest BCUT2D eigenvalue weighted by molar-refractivity contribution is -0.137. The van der Waals surface area contributed by atoms with Crippen LogP contribution in [-0.4, -0.2) is 18.3 Å². The monoisotopic (exact) mass is 932 g/mol. The molecule has 4 heterocycles. The van der Waals surface area contributed by atoms with Gasteiger partial charge in [-0.25, -0.2) is 0 Å². The molecule has 0 spiro atoms. The number of benzene rings is 10. The Balaban J connectivity index is 1.22. The fourth-order valence-corrected chi connectivity index (χ4v) is 11.6. The first-order chi connectivity index (χ1) is 35.3. The van der Waals surface area contributed by atoms with Crippen molar-refractivity contribution in [2.24, 2.45) is 0 Å². The lowest BCUT2D eigenvalue weighted by Gasteiger charge is -2.21. The van der Waals surface area contributed by atoms with Crippen LogP contribution in [0.1, 0.15) is 16.7 Å². The van der Waals surface area contributed by atoms with E-state index in [-0.39, 0.29) is 22.3 Å². The summed E-state index contributed by atoms with van der Waals surface area (Å²) < 4.78 is 55.2. The molecule has 72 heavy (non-hydrogen) atoms. The van der Waals surface area contributed by atoms with Gasteiger partial charge in [0.15, 0.2) is 0 Å². The quantitative estimate of drug-likeness (QED) is 0.173. The summed E-state index contributed by atoms with van der Waals surface area (Å²) in [5.74, 6) is 0. The molecule has 4 aromatic heterocycles. The van der Waals surface area contributed by atoms with E-state index < -0.39 is 11.7 Å². The number of fused-ring (bicyclic) bond motifs is 14. The molecule has 0 atom stereocenters. The van der Waals surface area contributed by atoms with Crippen LogP contribution in [0.15, 0.2) is 212 Å². The topological polar surface area (TPSA) is 67.3 Å². The predicted octanol–water partition coefficient (Wildman–Crippen LogP) is 16.5. The number of nitrogens with zero attached hydrogens (tertiary/aromatic N) is 6. The van der Waals surface area contributed by atoms with Crippen LogP contribution in [0.4, 0.5) is 13.2 Å². The number of hydrogen-bond acceptors (Lipinski definition) is 2. The van der Waals surface area contributed by atoms with Crippen molar-refractivity contribution in [2.45, 2.75) is 6.18 Å². The van der Waals surface area contributed by atoms with E-state index in [9.17, 15) is 10.5 Å². The molecule has 0 saturated carbocycles. The summed E-state index contributed by atoms with van der Waals surface area (Å²) in [4.78, 5) is 0. The maximum Gasteiger partial charge on any atom is 0.417 e. The molecule has 338 valence electrons. The molecule has 0 amide bonds. The Hall–Kier alpha value is -9.83. The second kappa shape index (κ2) is 15.3. The van der Waals surface area contributed by atoms with Crippen LogP contribution in [0.2, 0.25) is 0 Å². The molecule has 0 radical (unpaired) electrons. The highest BCUT2D eigenvalue weighted by Gasteiger charge is 2.36. The highest BCUT2D eigenvalue weighted by molar-refractivity contribution is 6.28. The summed E-state index contributed by atoms with van der Waals surface area (Å²) in [5, 5.41) is 30.1. The molecular formula is C63H35F3N6.